The molecule has 1 aromatic rings. The van der Waals surface area contributed by atoms with Crippen LogP contribution in [-0.4, -0.2) is 55.2 Å². The summed E-state index contributed by atoms with van der Waals surface area (Å²) in [4.78, 5) is 47.9. The number of rotatable bonds is 9. The molecule has 0 heterocycles. The van der Waals surface area contributed by atoms with Crippen LogP contribution < -0.4 is 25.4 Å². The summed E-state index contributed by atoms with van der Waals surface area (Å²) < 4.78 is 15.9. The largest absolute Gasteiger partial charge is 0.490 e. The maximum absolute atomic E-state index is 12.3. The minimum absolute atomic E-state index is 0.268. The summed E-state index contributed by atoms with van der Waals surface area (Å²) in [5, 5.41) is 7.06. The second-order valence-electron chi connectivity index (χ2n) is 7.54. The van der Waals surface area contributed by atoms with Crippen molar-refractivity contribution in [3.05, 3.63) is 23.8 Å². The highest BCUT2D eigenvalue weighted by atomic mass is 16.5. The highest BCUT2D eigenvalue weighted by Crippen LogP contribution is 2.28. The summed E-state index contributed by atoms with van der Waals surface area (Å²) in [6, 6.07) is 3.96. The van der Waals surface area contributed by atoms with Gasteiger partial charge in [-0.25, -0.2) is 4.79 Å². The normalized spacial score (nSPS) is 11.7. The van der Waals surface area contributed by atoms with Gasteiger partial charge in [-0.2, -0.15) is 0 Å². The van der Waals surface area contributed by atoms with Crippen LogP contribution in [0.4, 0.5) is 4.79 Å². The van der Waals surface area contributed by atoms with Crippen LogP contribution in [0.25, 0.3) is 0 Å². The number of ether oxygens (including phenoxy) is 3. The molecule has 1 rings (SSSR count). The molecule has 1 unspecified atom stereocenters. The molecule has 10 nitrogen and oxygen atoms in total. The first kappa shape index (κ1) is 25.7. The number of imide groups is 1. The van der Waals surface area contributed by atoms with Gasteiger partial charge in [-0.3, -0.25) is 19.7 Å². The molecule has 0 aliphatic heterocycles. The Kier molecular flexibility index (Phi) is 9.78. The van der Waals surface area contributed by atoms with E-state index < -0.39 is 42.0 Å². The summed E-state index contributed by atoms with van der Waals surface area (Å²) >= 11 is 0. The van der Waals surface area contributed by atoms with Gasteiger partial charge in [0.2, 0.25) is 0 Å². The van der Waals surface area contributed by atoms with Crippen molar-refractivity contribution < 1.29 is 33.4 Å². The van der Waals surface area contributed by atoms with Crippen LogP contribution in [0.5, 0.6) is 11.5 Å². The van der Waals surface area contributed by atoms with Gasteiger partial charge >= 0.3 is 12.0 Å². The van der Waals surface area contributed by atoms with E-state index in [4.69, 9.17) is 14.2 Å². The third kappa shape index (κ3) is 9.37. The standard InChI is InChI=1S/C21H31N3O7/c1-7-29-15-10-9-14(11-16(15)30-8-2)19(27)22-12-17(25)31-13(3)18(26)23-20(28)24-21(4,5)6/h9-11,13H,7-8,12H2,1-6H3,(H,22,27)(H2,23,24,26,28). The third-order valence-electron chi connectivity index (χ3n) is 3.60. The molecule has 10 heteroatoms. The molecule has 0 radical (unpaired) electrons. The Morgan fingerprint density at radius 1 is 1.00 bits per heavy atom. The van der Waals surface area contributed by atoms with Crippen LogP contribution in [0, 0.1) is 0 Å². The number of carbonyl (C=O) groups excluding carboxylic acids is 4. The van der Waals surface area contributed by atoms with Crippen LogP contribution in [-0.2, 0) is 14.3 Å². The molecule has 0 bridgehead atoms. The molecule has 0 spiro atoms. The topological polar surface area (TPSA) is 132 Å². The van der Waals surface area contributed by atoms with E-state index in [1.165, 1.54) is 19.1 Å². The van der Waals surface area contributed by atoms with Crippen LogP contribution in [0.15, 0.2) is 18.2 Å². The molecule has 0 aromatic heterocycles. The first-order chi connectivity index (χ1) is 14.5. The molecule has 4 amide bonds. The monoisotopic (exact) mass is 437 g/mol. The van der Waals surface area contributed by atoms with Gasteiger partial charge in [0.1, 0.15) is 6.54 Å². The van der Waals surface area contributed by atoms with Gasteiger partial charge in [0.15, 0.2) is 17.6 Å². The first-order valence-corrected chi connectivity index (χ1v) is 9.97. The Morgan fingerprint density at radius 2 is 1.61 bits per heavy atom. The fourth-order valence-corrected chi connectivity index (χ4v) is 2.32. The molecule has 0 saturated carbocycles. The summed E-state index contributed by atoms with van der Waals surface area (Å²) in [6.07, 6.45) is -1.22. The second kappa shape index (κ2) is 11.8. The molecule has 31 heavy (non-hydrogen) atoms. The molecule has 0 aliphatic rings. The molecule has 1 aromatic carbocycles. The van der Waals surface area contributed by atoms with E-state index in [9.17, 15) is 19.2 Å². The Balaban J connectivity index is 2.58. The van der Waals surface area contributed by atoms with Crippen molar-refractivity contribution >= 4 is 23.8 Å². The van der Waals surface area contributed by atoms with Gasteiger partial charge in [0, 0.05) is 11.1 Å². The molecule has 172 valence electrons. The Labute approximate surface area is 182 Å². The van der Waals surface area contributed by atoms with Crippen LogP contribution in [0.1, 0.15) is 51.9 Å². The van der Waals surface area contributed by atoms with E-state index in [0.29, 0.717) is 24.7 Å². The number of urea groups is 1. The van der Waals surface area contributed by atoms with Crippen molar-refractivity contribution in [2.24, 2.45) is 0 Å². The lowest BCUT2D eigenvalue weighted by molar-refractivity contribution is -0.153. The molecule has 0 aliphatic carbocycles. The van der Waals surface area contributed by atoms with Crippen molar-refractivity contribution in [2.45, 2.75) is 53.2 Å². The van der Waals surface area contributed by atoms with E-state index in [1.54, 1.807) is 26.8 Å². The fraction of sp³-hybridized carbons (Fsp3) is 0.524. The summed E-state index contributed by atoms with van der Waals surface area (Å²) in [5.74, 6) is -1.21. The van der Waals surface area contributed by atoms with Crippen LogP contribution >= 0.6 is 0 Å². The molecule has 0 fully saturated rings. The maximum atomic E-state index is 12.3. The molecule has 1 atom stereocenters. The van der Waals surface area contributed by atoms with E-state index >= 15 is 0 Å². The lowest BCUT2D eigenvalue weighted by Crippen LogP contribution is -2.50. The van der Waals surface area contributed by atoms with Gasteiger partial charge in [-0.1, -0.05) is 0 Å². The highest BCUT2D eigenvalue weighted by Gasteiger charge is 2.22. The van der Waals surface area contributed by atoms with E-state index in [0.717, 1.165) is 0 Å². The predicted molar refractivity (Wildman–Crippen MR) is 113 cm³/mol. The van der Waals surface area contributed by atoms with Crippen molar-refractivity contribution in [2.75, 3.05) is 19.8 Å². The fourth-order valence-electron chi connectivity index (χ4n) is 2.32. The van der Waals surface area contributed by atoms with Crippen molar-refractivity contribution in [3.8, 4) is 11.5 Å². The summed E-state index contributed by atoms with van der Waals surface area (Å²) in [7, 11) is 0. The van der Waals surface area contributed by atoms with Gasteiger partial charge < -0.3 is 24.8 Å². The number of nitrogens with one attached hydrogen (secondary N) is 3. The van der Waals surface area contributed by atoms with E-state index in [2.05, 4.69) is 16.0 Å². The average Bonchev–Trinajstić information content (AvgIpc) is 2.66. The lowest BCUT2D eigenvalue weighted by atomic mass is 10.1. The van der Waals surface area contributed by atoms with Crippen LogP contribution in [0.3, 0.4) is 0 Å². The second-order valence-corrected chi connectivity index (χ2v) is 7.54. The highest BCUT2D eigenvalue weighted by molar-refractivity contribution is 5.98. The molecular weight excluding hydrogens is 406 g/mol. The first-order valence-electron chi connectivity index (χ1n) is 9.97. The molecule has 0 saturated heterocycles. The smallest absolute Gasteiger partial charge is 0.326 e. The predicted octanol–water partition coefficient (Wildman–Crippen LogP) is 1.77. The van der Waals surface area contributed by atoms with E-state index in [-0.39, 0.29) is 5.56 Å². The van der Waals surface area contributed by atoms with Crippen molar-refractivity contribution in [3.63, 3.8) is 0 Å². The number of carbonyl (C=O) groups is 4. The Morgan fingerprint density at radius 3 is 2.19 bits per heavy atom. The van der Waals surface area contributed by atoms with Crippen LogP contribution in [0.2, 0.25) is 0 Å². The zero-order chi connectivity index (χ0) is 23.6. The number of benzene rings is 1. The number of hydrogen-bond donors (Lipinski definition) is 3. The number of amides is 4. The number of hydrogen-bond acceptors (Lipinski definition) is 7. The van der Waals surface area contributed by atoms with Gasteiger partial charge in [0.05, 0.1) is 13.2 Å². The summed E-state index contributed by atoms with van der Waals surface area (Å²) in [6.45, 7) is 10.6. The van der Waals surface area contributed by atoms with Crippen molar-refractivity contribution in [1.82, 2.24) is 16.0 Å². The zero-order valence-electron chi connectivity index (χ0n) is 18.8. The van der Waals surface area contributed by atoms with Crippen molar-refractivity contribution in [1.29, 1.82) is 0 Å². The quantitative estimate of drug-likeness (QED) is 0.502. The Bertz CT molecular complexity index is 803. The Hall–Kier alpha value is -3.30. The molecular formula is C21H31N3O7. The van der Waals surface area contributed by atoms with Gasteiger partial charge in [0.25, 0.3) is 11.8 Å². The maximum Gasteiger partial charge on any atom is 0.326 e. The minimum atomic E-state index is -1.22. The third-order valence-corrected chi connectivity index (χ3v) is 3.60. The minimum Gasteiger partial charge on any atom is -0.490 e. The average molecular weight is 437 g/mol. The molecule has 3 N–H and O–H groups in total. The lowest BCUT2D eigenvalue weighted by Gasteiger charge is -2.21. The van der Waals surface area contributed by atoms with E-state index in [1.807, 2.05) is 13.8 Å². The number of esters is 1. The van der Waals surface area contributed by atoms with Gasteiger partial charge in [-0.05, 0) is 59.7 Å². The SMILES string of the molecule is CCOc1ccc(C(=O)NCC(=O)OC(C)C(=O)NC(=O)NC(C)(C)C)cc1OCC. The zero-order valence-corrected chi connectivity index (χ0v) is 18.8. The summed E-state index contributed by atoms with van der Waals surface area (Å²) in [5.41, 5.74) is -0.262. The van der Waals surface area contributed by atoms with Gasteiger partial charge in [-0.15, -0.1) is 0 Å².